The maximum atomic E-state index is 10.7. The van der Waals surface area contributed by atoms with Crippen LogP contribution in [0.2, 0.25) is 0 Å². The summed E-state index contributed by atoms with van der Waals surface area (Å²) in [5.41, 5.74) is 0. The van der Waals surface area contributed by atoms with E-state index in [1.165, 1.54) is 11.3 Å². The van der Waals surface area contributed by atoms with Gasteiger partial charge < -0.3 is 0 Å². The standard InChI is InChI=1S/C8H9N3O2S/c1-2-3-6-9-4-5(14-6)7-10-8(12)13-11-7/h4H,2-3H2,1H3,(H,10,11,12). The topological polar surface area (TPSA) is 71.8 Å². The van der Waals surface area contributed by atoms with Crippen LogP contribution < -0.4 is 5.76 Å². The quantitative estimate of drug-likeness (QED) is 0.833. The summed E-state index contributed by atoms with van der Waals surface area (Å²) < 4.78 is 4.41. The molecule has 1 N–H and O–H groups in total. The van der Waals surface area contributed by atoms with Crippen LogP contribution in [0.5, 0.6) is 0 Å². The summed E-state index contributed by atoms with van der Waals surface area (Å²) in [4.78, 5) is 18.2. The average molecular weight is 211 g/mol. The number of aromatic amines is 1. The van der Waals surface area contributed by atoms with Crippen molar-refractivity contribution in [3.63, 3.8) is 0 Å². The lowest BCUT2D eigenvalue weighted by molar-refractivity contribution is 0.388. The molecular formula is C8H9N3O2S. The van der Waals surface area contributed by atoms with E-state index < -0.39 is 5.76 Å². The van der Waals surface area contributed by atoms with Gasteiger partial charge in [-0.3, -0.25) is 9.51 Å². The monoisotopic (exact) mass is 211 g/mol. The molecule has 2 rings (SSSR count). The molecular weight excluding hydrogens is 202 g/mol. The van der Waals surface area contributed by atoms with Gasteiger partial charge in [-0.15, -0.1) is 11.3 Å². The molecule has 0 bridgehead atoms. The molecule has 74 valence electrons. The molecule has 0 unspecified atom stereocenters. The van der Waals surface area contributed by atoms with E-state index >= 15 is 0 Å². The zero-order valence-corrected chi connectivity index (χ0v) is 8.43. The van der Waals surface area contributed by atoms with Gasteiger partial charge in [-0.05, 0) is 12.8 Å². The van der Waals surface area contributed by atoms with Crippen LogP contribution in [0.15, 0.2) is 15.5 Å². The van der Waals surface area contributed by atoms with Crippen LogP contribution in [0.1, 0.15) is 18.4 Å². The largest absolute Gasteiger partial charge is 0.439 e. The predicted molar refractivity (Wildman–Crippen MR) is 52.2 cm³/mol. The minimum atomic E-state index is -0.537. The van der Waals surface area contributed by atoms with Gasteiger partial charge in [-0.25, -0.2) is 9.78 Å². The summed E-state index contributed by atoms with van der Waals surface area (Å²) in [7, 11) is 0. The van der Waals surface area contributed by atoms with Crippen molar-refractivity contribution in [3.05, 3.63) is 21.8 Å². The molecule has 2 heterocycles. The second-order valence-corrected chi connectivity index (χ2v) is 3.93. The highest BCUT2D eigenvalue weighted by atomic mass is 32.1. The van der Waals surface area contributed by atoms with Gasteiger partial charge in [-0.2, -0.15) is 0 Å². The molecule has 5 nitrogen and oxygen atoms in total. The van der Waals surface area contributed by atoms with Crippen molar-refractivity contribution in [1.29, 1.82) is 0 Å². The van der Waals surface area contributed by atoms with Crippen LogP contribution in [0.25, 0.3) is 10.7 Å². The van der Waals surface area contributed by atoms with E-state index in [9.17, 15) is 4.79 Å². The van der Waals surface area contributed by atoms with Gasteiger partial charge in [0.15, 0.2) is 5.82 Å². The molecule has 0 aliphatic rings. The zero-order valence-electron chi connectivity index (χ0n) is 7.61. The smallest absolute Gasteiger partial charge is 0.296 e. The van der Waals surface area contributed by atoms with E-state index in [1.54, 1.807) is 6.20 Å². The molecule has 14 heavy (non-hydrogen) atoms. The van der Waals surface area contributed by atoms with Crippen LogP contribution in [-0.4, -0.2) is 15.1 Å². The molecule has 0 amide bonds. The Hall–Kier alpha value is -1.43. The summed E-state index contributed by atoms with van der Waals surface area (Å²) >= 11 is 1.52. The normalized spacial score (nSPS) is 10.6. The molecule has 0 atom stereocenters. The minimum absolute atomic E-state index is 0.454. The van der Waals surface area contributed by atoms with Crippen molar-refractivity contribution in [2.24, 2.45) is 0 Å². The van der Waals surface area contributed by atoms with Crippen molar-refractivity contribution in [3.8, 4) is 10.7 Å². The highest BCUT2D eigenvalue weighted by Crippen LogP contribution is 2.22. The van der Waals surface area contributed by atoms with Crippen molar-refractivity contribution in [2.75, 3.05) is 0 Å². The molecule has 0 aliphatic carbocycles. The fraction of sp³-hybridized carbons (Fsp3) is 0.375. The summed E-state index contributed by atoms with van der Waals surface area (Å²) in [6.45, 7) is 2.10. The molecule has 0 aromatic carbocycles. The number of aromatic nitrogens is 3. The number of H-pyrrole nitrogens is 1. The molecule has 2 aromatic heterocycles. The van der Waals surface area contributed by atoms with E-state index in [4.69, 9.17) is 0 Å². The van der Waals surface area contributed by atoms with Gasteiger partial charge in [0.2, 0.25) is 0 Å². The Balaban J connectivity index is 2.28. The SMILES string of the molecule is CCCc1ncc(-c2noc(=O)[nH]2)s1. The Morgan fingerprint density at radius 2 is 2.50 bits per heavy atom. The number of nitrogens with zero attached hydrogens (tertiary/aromatic N) is 2. The Labute approximate surface area is 83.8 Å². The highest BCUT2D eigenvalue weighted by molar-refractivity contribution is 7.15. The molecule has 6 heteroatoms. The van der Waals surface area contributed by atoms with Gasteiger partial charge >= 0.3 is 5.76 Å². The number of hydrogen-bond donors (Lipinski definition) is 1. The van der Waals surface area contributed by atoms with Crippen LogP contribution >= 0.6 is 11.3 Å². The summed E-state index contributed by atoms with van der Waals surface area (Å²) in [6.07, 6.45) is 3.71. The van der Waals surface area contributed by atoms with Crippen molar-refractivity contribution in [2.45, 2.75) is 19.8 Å². The molecule has 2 aromatic rings. The predicted octanol–water partition coefficient (Wildman–Crippen LogP) is 1.44. The van der Waals surface area contributed by atoms with Crippen molar-refractivity contribution in [1.82, 2.24) is 15.1 Å². The van der Waals surface area contributed by atoms with Crippen LogP contribution in [0.3, 0.4) is 0 Å². The Kier molecular flexibility index (Phi) is 2.45. The first-order valence-corrected chi connectivity index (χ1v) is 5.12. The maximum Gasteiger partial charge on any atom is 0.439 e. The van der Waals surface area contributed by atoms with E-state index in [0.717, 1.165) is 22.7 Å². The zero-order chi connectivity index (χ0) is 9.97. The fourth-order valence-electron chi connectivity index (χ4n) is 1.09. The molecule has 0 saturated heterocycles. The van der Waals surface area contributed by atoms with Gasteiger partial charge in [-0.1, -0.05) is 12.1 Å². The number of rotatable bonds is 3. The van der Waals surface area contributed by atoms with E-state index in [0.29, 0.717) is 5.82 Å². The maximum absolute atomic E-state index is 10.7. The highest BCUT2D eigenvalue weighted by Gasteiger charge is 2.08. The summed E-state index contributed by atoms with van der Waals surface area (Å²) in [5, 5.41) is 4.63. The second kappa shape index (κ2) is 3.75. The average Bonchev–Trinajstić information content (AvgIpc) is 2.74. The van der Waals surface area contributed by atoms with Crippen molar-refractivity contribution >= 4 is 11.3 Å². The van der Waals surface area contributed by atoms with Gasteiger partial charge in [0.25, 0.3) is 0 Å². The van der Waals surface area contributed by atoms with E-state index in [-0.39, 0.29) is 0 Å². The number of thiazole rings is 1. The lowest BCUT2D eigenvalue weighted by Gasteiger charge is -1.86. The Bertz CT molecular complexity index is 471. The van der Waals surface area contributed by atoms with E-state index in [2.05, 4.69) is 26.6 Å². The number of aryl methyl sites for hydroxylation is 1. The van der Waals surface area contributed by atoms with Crippen molar-refractivity contribution < 1.29 is 4.52 Å². The Morgan fingerprint density at radius 3 is 3.14 bits per heavy atom. The first-order valence-electron chi connectivity index (χ1n) is 4.30. The number of hydrogen-bond acceptors (Lipinski definition) is 5. The third-order valence-corrected chi connectivity index (χ3v) is 2.75. The molecule has 0 saturated carbocycles. The molecule has 0 fully saturated rings. The first kappa shape index (κ1) is 9.14. The summed E-state index contributed by atoms with van der Waals surface area (Å²) in [6, 6.07) is 0. The van der Waals surface area contributed by atoms with Gasteiger partial charge in [0, 0.05) is 6.20 Å². The van der Waals surface area contributed by atoms with E-state index in [1.807, 2.05) is 0 Å². The minimum Gasteiger partial charge on any atom is -0.296 e. The third kappa shape index (κ3) is 1.74. The Morgan fingerprint density at radius 1 is 1.64 bits per heavy atom. The number of nitrogens with one attached hydrogen (secondary N) is 1. The van der Waals surface area contributed by atoms with Crippen LogP contribution in [0.4, 0.5) is 0 Å². The van der Waals surface area contributed by atoms with Gasteiger partial charge in [0.05, 0.1) is 9.88 Å². The van der Waals surface area contributed by atoms with Crippen LogP contribution in [0, 0.1) is 0 Å². The second-order valence-electron chi connectivity index (χ2n) is 2.81. The lowest BCUT2D eigenvalue weighted by Crippen LogP contribution is -1.94. The summed E-state index contributed by atoms with van der Waals surface area (Å²) in [5.74, 6) is -0.0831. The van der Waals surface area contributed by atoms with Crippen LogP contribution in [-0.2, 0) is 6.42 Å². The van der Waals surface area contributed by atoms with Gasteiger partial charge in [0.1, 0.15) is 0 Å². The molecule has 0 spiro atoms. The fourth-order valence-corrected chi connectivity index (χ4v) is 2.04. The molecule has 0 radical (unpaired) electrons. The molecule has 0 aliphatic heterocycles. The first-order chi connectivity index (χ1) is 6.79. The third-order valence-electron chi connectivity index (χ3n) is 1.69. The lowest BCUT2D eigenvalue weighted by atomic mass is 10.4.